The third-order valence-electron chi connectivity index (χ3n) is 3.22. The average Bonchev–Trinajstić information content (AvgIpc) is 2.55. The Hall–Kier alpha value is -0.680. The molecule has 0 spiro atoms. The van der Waals surface area contributed by atoms with Crippen molar-refractivity contribution in [1.82, 2.24) is 4.98 Å². The Kier molecular flexibility index (Phi) is 9.21. The number of rotatable bonds is 12. The molecule has 9 heteroatoms. The molecule has 7 nitrogen and oxygen atoms in total. The first kappa shape index (κ1) is 21.4. The van der Waals surface area contributed by atoms with Crippen LogP contribution < -0.4 is 0 Å². The maximum Gasteiger partial charge on any atom is 0.334 e. The van der Waals surface area contributed by atoms with Gasteiger partial charge in [0.25, 0.3) is 5.53 Å². The number of hydrogen-bond donors (Lipinski definition) is 2. The van der Waals surface area contributed by atoms with Gasteiger partial charge in [-0.05, 0) is 25.0 Å². The van der Waals surface area contributed by atoms with E-state index in [1.165, 1.54) is 6.07 Å². The molecule has 0 aliphatic rings. The molecule has 24 heavy (non-hydrogen) atoms. The highest BCUT2D eigenvalue weighted by Crippen LogP contribution is 2.45. The van der Waals surface area contributed by atoms with Gasteiger partial charge in [0.1, 0.15) is 5.69 Å². The van der Waals surface area contributed by atoms with Gasteiger partial charge in [-0.15, -0.1) is 0 Å². The van der Waals surface area contributed by atoms with Gasteiger partial charge in [0.15, 0.2) is 0 Å². The van der Waals surface area contributed by atoms with E-state index in [2.05, 4.69) is 4.98 Å². The minimum Gasteiger partial charge on any atom is -0.351 e. The summed E-state index contributed by atoms with van der Waals surface area (Å²) in [6, 6.07) is 4.56. The van der Waals surface area contributed by atoms with Gasteiger partial charge in [0.05, 0.1) is 25.1 Å². The lowest BCUT2D eigenvalue weighted by atomic mass is 10.3. The second-order valence-electron chi connectivity index (χ2n) is 5.40. The van der Waals surface area contributed by atoms with Crippen molar-refractivity contribution in [2.75, 3.05) is 13.2 Å². The number of nitrogens with zero attached hydrogens (tertiary/aromatic N) is 1. The molecule has 2 atom stereocenters. The lowest BCUT2D eigenvalue weighted by Crippen LogP contribution is -2.25. The normalized spacial score (nSPS) is 16.7. The highest BCUT2D eigenvalue weighted by molar-refractivity contribution is 7.51. The van der Waals surface area contributed by atoms with Crippen LogP contribution in [0.2, 0.25) is 0 Å². The van der Waals surface area contributed by atoms with Gasteiger partial charge in [-0.25, -0.2) is 0 Å². The van der Waals surface area contributed by atoms with Crippen LogP contribution >= 0.6 is 16.1 Å². The quantitative estimate of drug-likeness (QED) is 0.324. The lowest BCUT2D eigenvalue weighted by Gasteiger charge is -2.21. The van der Waals surface area contributed by atoms with E-state index < -0.39 is 21.6 Å². The van der Waals surface area contributed by atoms with Crippen molar-refractivity contribution in [3.05, 3.63) is 29.6 Å². The molecule has 0 aliphatic heterocycles. The van der Waals surface area contributed by atoms with E-state index >= 15 is 0 Å². The van der Waals surface area contributed by atoms with E-state index in [1.807, 2.05) is 13.8 Å². The number of aliphatic hydroxyl groups is 1. The Balaban J connectivity index is 2.84. The molecular weight excluding hydrogens is 352 g/mol. The molecular formula is C15H25NO6P2. The van der Waals surface area contributed by atoms with Crippen LogP contribution in [0.5, 0.6) is 0 Å². The first-order valence-electron chi connectivity index (χ1n) is 8.00. The summed E-state index contributed by atoms with van der Waals surface area (Å²) in [4.78, 5) is 14.0. The summed E-state index contributed by atoms with van der Waals surface area (Å²) < 4.78 is 33.7. The van der Waals surface area contributed by atoms with Crippen molar-refractivity contribution < 1.29 is 28.4 Å². The van der Waals surface area contributed by atoms with Crippen LogP contribution in [0.25, 0.3) is 0 Å². The van der Waals surface area contributed by atoms with Crippen LogP contribution in [-0.4, -0.2) is 28.2 Å². The zero-order chi connectivity index (χ0) is 18.1. The van der Waals surface area contributed by atoms with Crippen LogP contribution in [0.15, 0.2) is 18.2 Å². The summed E-state index contributed by atoms with van der Waals surface area (Å²) in [7, 11) is -4.46. The Labute approximate surface area is 144 Å². The molecule has 1 aromatic rings. The molecule has 0 aromatic carbocycles. The molecule has 2 N–H and O–H groups in total. The summed E-state index contributed by atoms with van der Waals surface area (Å²) in [5, 5.41) is 10.3. The van der Waals surface area contributed by atoms with Crippen molar-refractivity contribution in [3.8, 4) is 0 Å². The SMILES string of the molecule is CCCCOC(O)(P=O)c1cccc(CP(=O)(O)OCCCC)n1. The molecule has 2 unspecified atom stereocenters. The topological polar surface area (TPSA) is 106 Å². The zero-order valence-electron chi connectivity index (χ0n) is 14.1. The van der Waals surface area contributed by atoms with Crippen molar-refractivity contribution in [3.63, 3.8) is 0 Å². The Morgan fingerprint density at radius 3 is 2.54 bits per heavy atom. The van der Waals surface area contributed by atoms with Crippen molar-refractivity contribution in [2.45, 2.75) is 51.2 Å². The first-order chi connectivity index (χ1) is 11.4. The number of aromatic nitrogens is 1. The molecule has 1 rings (SSSR count). The van der Waals surface area contributed by atoms with Crippen molar-refractivity contribution >= 4 is 16.1 Å². The number of pyridine rings is 1. The molecule has 0 radical (unpaired) electrons. The standard InChI is InChI=1S/C15H25NO6P2/c1-3-5-10-21-15(17,23-18)14-9-7-8-13(16-14)12-24(19,20)22-11-6-4-2/h7-9,17H,3-6,10-12H2,1-2H3,(H,19,20). The molecule has 1 aromatic heterocycles. The van der Waals surface area contributed by atoms with E-state index in [0.717, 1.165) is 12.8 Å². The third kappa shape index (κ3) is 7.06. The van der Waals surface area contributed by atoms with Gasteiger partial charge in [0.2, 0.25) is 8.46 Å². The Morgan fingerprint density at radius 2 is 1.92 bits per heavy atom. The minimum absolute atomic E-state index is 0.0290. The number of ether oxygens (including phenoxy) is 1. The van der Waals surface area contributed by atoms with E-state index in [1.54, 1.807) is 12.1 Å². The van der Waals surface area contributed by atoms with E-state index in [0.29, 0.717) is 12.8 Å². The van der Waals surface area contributed by atoms with Gasteiger partial charge in [-0.3, -0.25) is 14.1 Å². The molecule has 0 bridgehead atoms. The Morgan fingerprint density at radius 1 is 1.25 bits per heavy atom. The maximum atomic E-state index is 12.0. The molecule has 0 fully saturated rings. The molecule has 136 valence electrons. The van der Waals surface area contributed by atoms with Crippen LogP contribution in [0, 0.1) is 0 Å². The second-order valence-corrected chi connectivity index (χ2v) is 8.04. The fourth-order valence-corrected chi connectivity index (χ4v) is 3.31. The van der Waals surface area contributed by atoms with Crippen molar-refractivity contribution in [2.24, 2.45) is 0 Å². The molecule has 0 amide bonds. The first-order valence-corrected chi connectivity index (χ1v) is 10.6. The fraction of sp³-hybridized carbons (Fsp3) is 0.667. The Bertz CT molecular complexity index is 571. The number of hydrogen-bond acceptors (Lipinski definition) is 6. The number of unbranched alkanes of at least 4 members (excludes halogenated alkanes) is 2. The van der Waals surface area contributed by atoms with Crippen molar-refractivity contribution in [1.29, 1.82) is 0 Å². The zero-order valence-corrected chi connectivity index (χ0v) is 15.8. The summed E-state index contributed by atoms with van der Waals surface area (Å²) in [6.07, 6.45) is 2.83. The molecule has 1 heterocycles. The van der Waals surface area contributed by atoms with E-state index in [9.17, 15) is 19.1 Å². The highest BCUT2D eigenvalue weighted by Gasteiger charge is 2.34. The van der Waals surface area contributed by atoms with E-state index in [-0.39, 0.29) is 30.8 Å². The smallest absolute Gasteiger partial charge is 0.334 e. The molecule has 0 aliphatic carbocycles. The largest absolute Gasteiger partial charge is 0.351 e. The van der Waals surface area contributed by atoms with Crippen LogP contribution in [0.1, 0.15) is 50.9 Å². The lowest BCUT2D eigenvalue weighted by molar-refractivity contribution is -0.145. The predicted molar refractivity (Wildman–Crippen MR) is 91.0 cm³/mol. The van der Waals surface area contributed by atoms with Crippen LogP contribution in [-0.2, 0) is 30.1 Å². The van der Waals surface area contributed by atoms with Gasteiger partial charge in [-0.1, -0.05) is 32.8 Å². The fourth-order valence-electron chi connectivity index (χ4n) is 1.86. The maximum absolute atomic E-state index is 12.0. The van der Waals surface area contributed by atoms with Gasteiger partial charge in [0, 0.05) is 0 Å². The average molecular weight is 377 g/mol. The summed E-state index contributed by atoms with van der Waals surface area (Å²) in [5.74, 6) is 0. The predicted octanol–water partition coefficient (Wildman–Crippen LogP) is 3.79. The van der Waals surface area contributed by atoms with E-state index in [4.69, 9.17) is 9.26 Å². The van der Waals surface area contributed by atoms with Crippen LogP contribution in [0.4, 0.5) is 0 Å². The summed E-state index contributed by atoms with van der Waals surface area (Å²) in [5.41, 5.74) is -1.77. The minimum atomic E-state index is -3.82. The molecule has 0 saturated carbocycles. The highest BCUT2D eigenvalue weighted by atomic mass is 31.2. The third-order valence-corrected chi connectivity index (χ3v) is 5.13. The van der Waals surface area contributed by atoms with Crippen LogP contribution in [0.3, 0.4) is 0 Å². The van der Waals surface area contributed by atoms with Gasteiger partial charge < -0.3 is 19.3 Å². The summed E-state index contributed by atoms with van der Waals surface area (Å²) in [6.45, 7) is 4.35. The van der Waals surface area contributed by atoms with Gasteiger partial charge >= 0.3 is 7.60 Å². The summed E-state index contributed by atoms with van der Waals surface area (Å²) >= 11 is 0. The monoisotopic (exact) mass is 377 g/mol. The molecule has 0 saturated heterocycles. The second kappa shape index (κ2) is 10.3. The van der Waals surface area contributed by atoms with Gasteiger partial charge in [-0.2, -0.15) is 0 Å².